The fourth-order valence-electron chi connectivity index (χ4n) is 1.92. The minimum atomic E-state index is 0.0195. The number of aliphatic hydroxyl groups excluding tert-OH is 1. The number of nitrogens with zero attached hydrogens (tertiary/aromatic N) is 2. The molecule has 0 spiro atoms. The van der Waals surface area contributed by atoms with Gasteiger partial charge in [-0.05, 0) is 12.8 Å². The van der Waals surface area contributed by atoms with Gasteiger partial charge in [0.1, 0.15) is 0 Å². The summed E-state index contributed by atoms with van der Waals surface area (Å²) in [5.74, 6) is 0.109. The predicted octanol–water partition coefficient (Wildman–Crippen LogP) is -1.12. The van der Waals surface area contributed by atoms with Crippen LogP contribution in [0.4, 0.5) is 0 Å². The van der Waals surface area contributed by atoms with Crippen LogP contribution >= 0.6 is 0 Å². The number of ether oxygens (including phenoxy) is 1. The molecule has 0 aromatic heterocycles. The first kappa shape index (κ1) is 15.4. The maximum absolute atomic E-state index is 11.9. The summed E-state index contributed by atoms with van der Waals surface area (Å²) < 4.78 is 5.13. The second kappa shape index (κ2) is 8.42. The summed E-state index contributed by atoms with van der Waals surface area (Å²) in [5.41, 5.74) is 5.82. The molecule has 0 unspecified atom stereocenters. The highest BCUT2D eigenvalue weighted by Crippen LogP contribution is 2.07. The number of amides is 1. The molecule has 1 amide bonds. The van der Waals surface area contributed by atoms with E-state index in [1.165, 1.54) is 0 Å². The van der Waals surface area contributed by atoms with E-state index in [0.717, 1.165) is 25.9 Å². The molecule has 0 bridgehead atoms. The Balaban J connectivity index is 2.15. The monoisotopic (exact) mass is 259 g/mol. The first-order valence-corrected chi connectivity index (χ1v) is 6.54. The van der Waals surface area contributed by atoms with Crippen molar-refractivity contribution in [2.24, 2.45) is 5.73 Å². The van der Waals surface area contributed by atoms with Crippen molar-refractivity contribution in [2.75, 3.05) is 53.0 Å². The van der Waals surface area contributed by atoms with E-state index in [2.05, 4.69) is 4.90 Å². The van der Waals surface area contributed by atoms with Gasteiger partial charge in [-0.15, -0.1) is 0 Å². The van der Waals surface area contributed by atoms with E-state index in [1.807, 2.05) is 0 Å². The van der Waals surface area contributed by atoms with Gasteiger partial charge in [0.2, 0.25) is 5.91 Å². The molecule has 106 valence electrons. The Morgan fingerprint density at radius 1 is 1.44 bits per heavy atom. The number of carbonyl (C=O) groups is 1. The molecule has 6 heteroatoms. The van der Waals surface area contributed by atoms with Crippen LogP contribution in [0.3, 0.4) is 0 Å². The maximum Gasteiger partial charge on any atom is 0.236 e. The molecule has 0 aliphatic carbocycles. The molecule has 1 fully saturated rings. The Bertz CT molecular complexity index is 243. The minimum absolute atomic E-state index is 0.0195. The van der Waals surface area contributed by atoms with Gasteiger partial charge >= 0.3 is 0 Å². The second-order valence-corrected chi connectivity index (χ2v) is 4.76. The lowest BCUT2D eigenvalue weighted by Crippen LogP contribution is -2.45. The molecular formula is C12H25N3O3. The number of carbonyl (C=O) groups excluding carboxylic acids is 1. The van der Waals surface area contributed by atoms with Crippen LogP contribution in [0.25, 0.3) is 0 Å². The van der Waals surface area contributed by atoms with Crippen molar-refractivity contribution in [3.8, 4) is 0 Å². The lowest BCUT2D eigenvalue weighted by atomic mass is 10.1. The average molecular weight is 259 g/mol. The number of aliphatic hydroxyl groups is 1. The van der Waals surface area contributed by atoms with Crippen molar-refractivity contribution < 1.29 is 14.6 Å². The van der Waals surface area contributed by atoms with Crippen LogP contribution in [0.2, 0.25) is 0 Å². The van der Waals surface area contributed by atoms with E-state index in [0.29, 0.717) is 32.3 Å². The van der Waals surface area contributed by atoms with Gasteiger partial charge in [0, 0.05) is 32.7 Å². The van der Waals surface area contributed by atoms with Gasteiger partial charge in [-0.25, -0.2) is 0 Å². The Morgan fingerprint density at radius 2 is 2.11 bits per heavy atom. The molecule has 18 heavy (non-hydrogen) atoms. The SMILES string of the molecule is CN(CCOCCO)C(=O)CN1CCC(N)CC1. The third-order valence-electron chi connectivity index (χ3n) is 3.22. The summed E-state index contributed by atoms with van der Waals surface area (Å²) in [6.07, 6.45) is 1.94. The molecule has 1 heterocycles. The highest BCUT2D eigenvalue weighted by Gasteiger charge is 2.19. The van der Waals surface area contributed by atoms with E-state index in [4.69, 9.17) is 15.6 Å². The van der Waals surface area contributed by atoms with Crippen LogP contribution in [-0.2, 0) is 9.53 Å². The summed E-state index contributed by atoms with van der Waals surface area (Å²) >= 11 is 0. The number of hydrogen-bond acceptors (Lipinski definition) is 5. The van der Waals surface area contributed by atoms with E-state index >= 15 is 0 Å². The molecule has 1 saturated heterocycles. The number of piperidine rings is 1. The lowest BCUT2D eigenvalue weighted by Gasteiger charge is -2.30. The highest BCUT2D eigenvalue weighted by atomic mass is 16.5. The van der Waals surface area contributed by atoms with Crippen molar-refractivity contribution in [1.29, 1.82) is 0 Å². The van der Waals surface area contributed by atoms with Crippen LogP contribution in [0.15, 0.2) is 0 Å². The Hall–Kier alpha value is -0.690. The van der Waals surface area contributed by atoms with Gasteiger partial charge in [0.15, 0.2) is 0 Å². The quantitative estimate of drug-likeness (QED) is 0.566. The maximum atomic E-state index is 11.9. The summed E-state index contributed by atoms with van der Waals surface area (Å²) in [4.78, 5) is 15.7. The van der Waals surface area contributed by atoms with Crippen molar-refractivity contribution in [1.82, 2.24) is 9.80 Å². The van der Waals surface area contributed by atoms with Gasteiger partial charge in [-0.3, -0.25) is 9.69 Å². The van der Waals surface area contributed by atoms with Crippen LogP contribution in [0.1, 0.15) is 12.8 Å². The molecule has 0 saturated carbocycles. The van der Waals surface area contributed by atoms with Crippen LogP contribution in [0, 0.1) is 0 Å². The van der Waals surface area contributed by atoms with Crippen LogP contribution in [0.5, 0.6) is 0 Å². The molecule has 1 aliphatic heterocycles. The zero-order valence-corrected chi connectivity index (χ0v) is 11.2. The highest BCUT2D eigenvalue weighted by molar-refractivity contribution is 5.77. The number of nitrogens with two attached hydrogens (primary N) is 1. The molecule has 3 N–H and O–H groups in total. The Kier molecular flexibility index (Phi) is 7.19. The lowest BCUT2D eigenvalue weighted by molar-refractivity contribution is -0.132. The fraction of sp³-hybridized carbons (Fsp3) is 0.917. The van der Waals surface area contributed by atoms with Crippen molar-refractivity contribution in [2.45, 2.75) is 18.9 Å². The Morgan fingerprint density at radius 3 is 2.72 bits per heavy atom. The standard InChI is InChI=1S/C12H25N3O3/c1-14(6-8-18-9-7-16)12(17)10-15-4-2-11(13)3-5-15/h11,16H,2-10,13H2,1H3. The fourth-order valence-corrected chi connectivity index (χ4v) is 1.92. The van der Waals surface area contributed by atoms with Crippen molar-refractivity contribution >= 4 is 5.91 Å². The molecule has 0 aromatic rings. The van der Waals surface area contributed by atoms with Gasteiger partial charge in [-0.1, -0.05) is 0 Å². The number of likely N-dealkylation sites (N-methyl/N-ethyl adjacent to an activating group) is 1. The number of rotatable bonds is 7. The van der Waals surface area contributed by atoms with Crippen molar-refractivity contribution in [3.63, 3.8) is 0 Å². The zero-order chi connectivity index (χ0) is 13.4. The molecule has 1 rings (SSSR count). The molecule has 1 aliphatic rings. The smallest absolute Gasteiger partial charge is 0.236 e. The summed E-state index contributed by atoms with van der Waals surface area (Å²) in [7, 11) is 1.78. The number of hydrogen-bond donors (Lipinski definition) is 2. The zero-order valence-electron chi connectivity index (χ0n) is 11.2. The molecule has 0 atom stereocenters. The minimum Gasteiger partial charge on any atom is -0.394 e. The largest absolute Gasteiger partial charge is 0.394 e. The third-order valence-corrected chi connectivity index (χ3v) is 3.22. The van der Waals surface area contributed by atoms with E-state index < -0.39 is 0 Å². The normalized spacial score (nSPS) is 17.9. The first-order valence-electron chi connectivity index (χ1n) is 6.54. The molecule has 6 nitrogen and oxygen atoms in total. The van der Waals surface area contributed by atoms with Gasteiger partial charge < -0.3 is 20.5 Å². The summed E-state index contributed by atoms with van der Waals surface area (Å²) in [5, 5.41) is 8.56. The predicted molar refractivity (Wildman–Crippen MR) is 69.2 cm³/mol. The van der Waals surface area contributed by atoms with E-state index in [1.54, 1.807) is 11.9 Å². The third kappa shape index (κ3) is 5.77. The topological polar surface area (TPSA) is 79.0 Å². The average Bonchev–Trinajstić information content (AvgIpc) is 2.37. The van der Waals surface area contributed by atoms with Gasteiger partial charge in [0.25, 0.3) is 0 Å². The van der Waals surface area contributed by atoms with Crippen LogP contribution < -0.4 is 5.73 Å². The molecular weight excluding hydrogens is 234 g/mol. The molecule has 0 radical (unpaired) electrons. The van der Waals surface area contributed by atoms with Crippen LogP contribution in [-0.4, -0.2) is 79.9 Å². The van der Waals surface area contributed by atoms with E-state index in [-0.39, 0.29) is 12.5 Å². The molecule has 0 aromatic carbocycles. The van der Waals surface area contributed by atoms with E-state index in [9.17, 15) is 4.79 Å². The Labute approximate surface area is 109 Å². The van der Waals surface area contributed by atoms with Gasteiger partial charge in [-0.2, -0.15) is 0 Å². The first-order chi connectivity index (χ1) is 8.63. The number of likely N-dealkylation sites (tertiary alicyclic amines) is 1. The van der Waals surface area contributed by atoms with Crippen molar-refractivity contribution in [3.05, 3.63) is 0 Å². The summed E-state index contributed by atoms with van der Waals surface area (Å²) in [6, 6.07) is 0.293. The second-order valence-electron chi connectivity index (χ2n) is 4.76. The summed E-state index contributed by atoms with van der Waals surface area (Å²) in [6.45, 7) is 3.64. The van der Waals surface area contributed by atoms with Gasteiger partial charge in [0.05, 0.1) is 26.4 Å².